The second kappa shape index (κ2) is 8.71. The number of pyridine rings is 1. The first-order valence-electron chi connectivity index (χ1n) is 9.02. The van der Waals surface area contributed by atoms with E-state index < -0.39 is 0 Å². The molecule has 0 saturated carbocycles. The molecule has 1 aliphatic heterocycles. The van der Waals surface area contributed by atoms with Gasteiger partial charge in [-0.2, -0.15) is 4.98 Å². The number of carbonyl (C=O) groups excluding carboxylic acids is 1. The van der Waals surface area contributed by atoms with Gasteiger partial charge in [0, 0.05) is 31.6 Å². The van der Waals surface area contributed by atoms with Crippen molar-refractivity contribution in [2.75, 3.05) is 19.6 Å². The minimum atomic E-state index is 0.173. The Kier molecular flexibility index (Phi) is 6.11. The van der Waals surface area contributed by atoms with Crippen LogP contribution in [0.1, 0.15) is 38.5 Å². The quantitative estimate of drug-likeness (QED) is 0.828. The van der Waals surface area contributed by atoms with Crippen molar-refractivity contribution in [3.63, 3.8) is 0 Å². The van der Waals surface area contributed by atoms with Crippen LogP contribution in [0.5, 0.6) is 0 Å². The van der Waals surface area contributed by atoms with Crippen LogP contribution in [-0.2, 0) is 11.2 Å². The Morgan fingerprint density at radius 2 is 2.20 bits per heavy atom. The molecule has 1 fully saturated rings. The zero-order chi connectivity index (χ0) is 17.5. The van der Waals surface area contributed by atoms with E-state index in [9.17, 15) is 4.79 Å². The Morgan fingerprint density at radius 1 is 1.36 bits per heavy atom. The lowest BCUT2D eigenvalue weighted by atomic mass is 10.0. The molecule has 1 aliphatic rings. The van der Waals surface area contributed by atoms with Gasteiger partial charge in [-0.1, -0.05) is 18.1 Å². The predicted molar refractivity (Wildman–Crippen MR) is 93.7 cm³/mol. The fourth-order valence-electron chi connectivity index (χ4n) is 3.18. The number of aryl methyl sites for hydroxylation is 1. The summed E-state index contributed by atoms with van der Waals surface area (Å²) in [5.41, 5.74) is 0.672. The summed E-state index contributed by atoms with van der Waals surface area (Å²) < 4.78 is 5.27. The van der Waals surface area contributed by atoms with Gasteiger partial charge in [0.1, 0.15) is 5.69 Å². The van der Waals surface area contributed by atoms with Crippen molar-refractivity contribution in [3.8, 4) is 11.5 Å². The topological polar surface area (TPSA) is 84.2 Å². The molecule has 134 valence electrons. The van der Waals surface area contributed by atoms with Gasteiger partial charge in [0.2, 0.25) is 17.6 Å². The molecule has 0 atom stereocenters. The fourth-order valence-corrected chi connectivity index (χ4v) is 3.18. The molecule has 0 aliphatic carbocycles. The van der Waals surface area contributed by atoms with E-state index >= 15 is 0 Å². The summed E-state index contributed by atoms with van der Waals surface area (Å²) in [7, 11) is 0. The summed E-state index contributed by atoms with van der Waals surface area (Å²) in [4.78, 5) is 23.3. The predicted octanol–water partition coefficient (Wildman–Crippen LogP) is 2.05. The largest absolute Gasteiger partial charge is 0.340 e. The standard InChI is InChI=1S/C18H25N5O2/c1-2-13-23(14-8-11-19-12-9-14)17(24)7-6-16-21-18(22-25-16)15-5-3-4-10-20-15/h3-5,10,14,19H,2,6-9,11-13H2,1H3. The lowest BCUT2D eigenvalue weighted by Gasteiger charge is -2.34. The Bertz CT molecular complexity index is 667. The van der Waals surface area contributed by atoms with Gasteiger partial charge >= 0.3 is 0 Å². The molecule has 0 bridgehead atoms. The maximum absolute atomic E-state index is 12.7. The molecular weight excluding hydrogens is 318 g/mol. The average Bonchev–Trinajstić information content (AvgIpc) is 3.15. The Labute approximate surface area is 147 Å². The molecule has 0 spiro atoms. The Morgan fingerprint density at radius 3 is 2.92 bits per heavy atom. The third-order valence-electron chi connectivity index (χ3n) is 4.45. The van der Waals surface area contributed by atoms with Crippen molar-refractivity contribution in [2.45, 2.75) is 45.1 Å². The molecule has 7 heteroatoms. The van der Waals surface area contributed by atoms with E-state index in [0.29, 0.717) is 36.3 Å². The number of hydrogen-bond donors (Lipinski definition) is 1. The third-order valence-corrected chi connectivity index (χ3v) is 4.45. The van der Waals surface area contributed by atoms with Crippen LogP contribution in [0.25, 0.3) is 11.5 Å². The second-order valence-corrected chi connectivity index (χ2v) is 6.30. The van der Waals surface area contributed by atoms with E-state index in [-0.39, 0.29) is 5.91 Å². The normalized spacial score (nSPS) is 15.2. The van der Waals surface area contributed by atoms with Crippen molar-refractivity contribution in [2.24, 2.45) is 0 Å². The smallest absolute Gasteiger partial charge is 0.227 e. The van der Waals surface area contributed by atoms with Gasteiger partial charge in [-0.15, -0.1) is 0 Å². The minimum Gasteiger partial charge on any atom is -0.340 e. The van der Waals surface area contributed by atoms with Gasteiger partial charge in [0.25, 0.3) is 0 Å². The van der Waals surface area contributed by atoms with Gasteiger partial charge in [0.05, 0.1) is 0 Å². The molecule has 0 unspecified atom stereocenters. The van der Waals surface area contributed by atoms with Gasteiger partial charge < -0.3 is 14.7 Å². The second-order valence-electron chi connectivity index (χ2n) is 6.30. The van der Waals surface area contributed by atoms with Crippen LogP contribution in [0, 0.1) is 0 Å². The third kappa shape index (κ3) is 4.63. The van der Waals surface area contributed by atoms with Crippen LogP contribution in [0.3, 0.4) is 0 Å². The first-order valence-corrected chi connectivity index (χ1v) is 9.02. The molecule has 1 N–H and O–H groups in total. The van der Waals surface area contributed by atoms with Crippen LogP contribution in [0.2, 0.25) is 0 Å². The molecule has 1 saturated heterocycles. The number of carbonyl (C=O) groups is 1. The number of hydrogen-bond acceptors (Lipinski definition) is 6. The molecule has 0 radical (unpaired) electrons. The highest BCUT2D eigenvalue weighted by Gasteiger charge is 2.24. The summed E-state index contributed by atoms with van der Waals surface area (Å²) in [5.74, 6) is 1.12. The summed E-state index contributed by atoms with van der Waals surface area (Å²) in [6, 6.07) is 5.90. The lowest BCUT2D eigenvalue weighted by Crippen LogP contribution is -2.46. The van der Waals surface area contributed by atoms with E-state index in [2.05, 4.69) is 27.4 Å². The van der Waals surface area contributed by atoms with E-state index in [4.69, 9.17) is 4.52 Å². The highest BCUT2D eigenvalue weighted by molar-refractivity contribution is 5.76. The minimum absolute atomic E-state index is 0.173. The monoisotopic (exact) mass is 343 g/mol. The number of nitrogens with one attached hydrogen (secondary N) is 1. The molecule has 2 aromatic heterocycles. The van der Waals surface area contributed by atoms with Crippen LogP contribution >= 0.6 is 0 Å². The molecule has 3 rings (SSSR count). The average molecular weight is 343 g/mol. The van der Waals surface area contributed by atoms with E-state index in [0.717, 1.165) is 38.9 Å². The fraction of sp³-hybridized carbons (Fsp3) is 0.556. The van der Waals surface area contributed by atoms with Gasteiger partial charge in [-0.25, -0.2) is 0 Å². The van der Waals surface area contributed by atoms with Crippen LogP contribution in [-0.4, -0.2) is 51.6 Å². The van der Waals surface area contributed by atoms with Crippen LogP contribution in [0.4, 0.5) is 0 Å². The van der Waals surface area contributed by atoms with E-state index in [1.165, 1.54) is 0 Å². The van der Waals surface area contributed by atoms with Crippen molar-refractivity contribution >= 4 is 5.91 Å². The molecule has 0 aromatic carbocycles. The van der Waals surface area contributed by atoms with Crippen LogP contribution < -0.4 is 5.32 Å². The molecule has 7 nitrogen and oxygen atoms in total. The highest BCUT2D eigenvalue weighted by Crippen LogP contribution is 2.16. The number of nitrogens with zero attached hydrogens (tertiary/aromatic N) is 4. The number of amides is 1. The summed E-state index contributed by atoms with van der Waals surface area (Å²) >= 11 is 0. The Balaban J connectivity index is 1.58. The highest BCUT2D eigenvalue weighted by atomic mass is 16.5. The molecular formula is C18H25N5O2. The van der Waals surface area contributed by atoms with Gasteiger partial charge in [0.15, 0.2) is 0 Å². The SMILES string of the molecule is CCCN(C(=O)CCc1nc(-c2ccccn2)no1)C1CCNCC1. The summed E-state index contributed by atoms with van der Waals surface area (Å²) in [6.07, 6.45) is 5.57. The van der Waals surface area contributed by atoms with Crippen LogP contribution in [0.15, 0.2) is 28.9 Å². The van der Waals surface area contributed by atoms with Gasteiger partial charge in [-0.05, 0) is 44.5 Å². The van der Waals surface area contributed by atoms with E-state index in [1.54, 1.807) is 6.20 Å². The summed E-state index contributed by atoms with van der Waals surface area (Å²) in [5, 5.41) is 7.30. The van der Waals surface area contributed by atoms with Crippen molar-refractivity contribution < 1.29 is 9.32 Å². The molecule has 1 amide bonds. The van der Waals surface area contributed by atoms with Crippen molar-refractivity contribution in [1.82, 2.24) is 25.3 Å². The van der Waals surface area contributed by atoms with E-state index in [1.807, 2.05) is 23.1 Å². The molecule has 2 aromatic rings. The summed E-state index contributed by atoms with van der Waals surface area (Å²) in [6.45, 7) is 4.88. The maximum atomic E-state index is 12.7. The van der Waals surface area contributed by atoms with Gasteiger partial charge in [-0.3, -0.25) is 9.78 Å². The first-order chi connectivity index (χ1) is 12.3. The van der Waals surface area contributed by atoms with Crippen molar-refractivity contribution in [1.29, 1.82) is 0 Å². The number of aromatic nitrogens is 3. The molecule has 25 heavy (non-hydrogen) atoms. The van der Waals surface area contributed by atoms with Crippen molar-refractivity contribution in [3.05, 3.63) is 30.3 Å². The number of piperidine rings is 1. The molecule has 3 heterocycles. The Hall–Kier alpha value is -2.28. The first kappa shape index (κ1) is 17.5. The lowest BCUT2D eigenvalue weighted by molar-refractivity contribution is -0.134. The number of rotatable bonds is 7. The zero-order valence-electron chi connectivity index (χ0n) is 14.6. The zero-order valence-corrected chi connectivity index (χ0v) is 14.6. The maximum Gasteiger partial charge on any atom is 0.227 e.